The van der Waals surface area contributed by atoms with Gasteiger partial charge < -0.3 is 10.2 Å². The molecule has 1 amide bonds. The quantitative estimate of drug-likeness (QED) is 0.616. The molecule has 2 rings (SSSR count). The van der Waals surface area contributed by atoms with E-state index in [4.69, 9.17) is 0 Å². The van der Waals surface area contributed by atoms with E-state index in [1.54, 1.807) is 6.08 Å². The minimum absolute atomic E-state index is 0.224. The highest BCUT2D eigenvalue weighted by Gasteiger charge is 2.25. The molecule has 1 unspecified atom stereocenters. The second-order valence-corrected chi connectivity index (χ2v) is 7.18. The van der Waals surface area contributed by atoms with E-state index in [1.165, 1.54) is 29.5 Å². The van der Waals surface area contributed by atoms with Crippen LogP contribution in [-0.2, 0) is 4.79 Å². The van der Waals surface area contributed by atoms with Crippen molar-refractivity contribution in [2.75, 3.05) is 24.2 Å². The maximum Gasteiger partial charge on any atom is 0.233 e. The monoisotopic (exact) mass is 326 g/mol. The topological polar surface area (TPSA) is 58.1 Å². The Bertz CT molecular complexity index is 477. The van der Waals surface area contributed by atoms with Crippen molar-refractivity contribution in [2.45, 2.75) is 43.0 Å². The highest BCUT2D eigenvalue weighted by molar-refractivity contribution is 8.01. The van der Waals surface area contributed by atoms with Crippen molar-refractivity contribution in [1.29, 1.82) is 0 Å². The molecule has 1 saturated heterocycles. The van der Waals surface area contributed by atoms with E-state index in [2.05, 4.69) is 33.9 Å². The van der Waals surface area contributed by atoms with Gasteiger partial charge in [-0.15, -0.1) is 16.8 Å². The maximum atomic E-state index is 12.4. The van der Waals surface area contributed by atoms with Gasteiger partial charge in [0.1, 0.15) is 0 Å². The summed E-state index contributed by atoms with van der Waals surface area (Å²) < 4.78 is 0.833. The summed E-state index contributed by atoms with van der Waals surface area (Å²) in [6.07, 6.45) is 6.33. The molecule has 1 aromatic heterocycles. The van der Waals surface area contributed by atoms with E-state index in [0.29, 0.717) is 18.3 Å². The summed E-state index contributed by atoms with van der Waals surface area (Å²) in [5.41, 5.74) is 0. The molecule has 1 atom stereocenters. The van der Waals surface area contributed by atoms with Crippen LogP contribution in [0.25, 0.3) is 0 Å². The zero-order valence-corrected chi connectivity index (χ0v) is 14.0. The third kappa shape index (κ3) is 4.71. The second-order valence-electron chi connectivity index (χ2n) is 4.98. The van der Waals surface area contributed by atoms with Gasteiger partial charge in [-0.2, -0.15) is 0 Å². The lowest BCUT2D eigenvalue weighted by Gasteiger charge is -2.35. The Kier molecular flexibility index (Phi) is 6.50. The number of thioether (sulfide) groups is 1. The van der Waals surface area contributed by atoms with Crippen LogP contribution in [0.4, 0.5) is 5.13 Å². The van der Waals surface area contributed by atoms with Crippen LogP contribution in [0.3, 0.4) is 0 Å². The molecule has 0 aliphatic carbocycles. The third-order valence-electron chi connectivity index (χ3n) is 3.54. The van der Waals surface area contributed by atoms with Crippen molar-refractivity contribution < 1.29 is 4.79 Å². The van der Waals surface area contributed by atoms with E-state index in [0.717, 1.165) is 35.3 Å². The number of hydrogen-bond acceptors (Lipinski definition) is 6. The van der Waals surface area contributed by atoms with Gasteiger partial charge in [0.15, 0.2) is 4.34 Å². The van der Waals surface area contributed by atoms with Crippen LogP contribution in [0.1, 0.15) is 32.6 Å². The van der Waals surface area contributed by atoms with Gasteiger partial charge in [-0.1, -0.05) is 36.1 Å². The lowest BCUT2D eigenvalue weighted by atomic mass is 10.0. The first-order valence-electron chi connectivity index (χ1n) is 7.35. The second kappa shape index (κ2) is 8.38. The van der Waals surface area contributed by atoms with E-state index in [9.17, 15) is 4.79 Å². The predicted octanol–water partition coefficient (Wildman–Crippen LogP) is 3.02. The lowest BCUT2D eigenvalue weighted by molar-refractivity contribution is -0.132. The molecule has 1 aliphatic heterocycles. The van der Waals surface area contributed by atoms with Gasteiger partial charge in [0.2, 0.25) is 11.0 Å². The summed E-state index contributed by atoms with van der Waals surface area (Å²) in [7, 11) is 0. The SMILES string of the molecule is C=CCNc1nnc(SCC(=O)N2CCCCC2CC)s1. The van der Waals surface area contributed by atoms with Gasteiger partial charge in [-0.05, 0) is 25.7 Å². The van der Waals surface area contributed by atoms with Gasteiger partial charge >= 0.3 is 0 Å². The number of aromatic nitrogens is 2. The molecule has 0 saturated carbocycles. The molecule has 116 valence electrons. The van der Waals surface area contributed by atoms with Gasteiger partial charge in [0.05, 0.1) is 5.75 Å². The standard InChI is InChI=1S/C14H22N4OS2/c1-3-8-15-13-16-17-14(21-13)20-10-12(19)18-9-6-5-7-11(18)4-2/h3,11H,1,4-10H2,2H3,(H,15,16). The Morgan fingerprint density at radius 1 is 1.57 bits per heavy atom. The molecule has 1 aliphatic rings. The number of nitrogens with zero attached hydrogens (tertiary/aromatic N) is 3. The van der Waals surface area contributed by atoms with Crippen LogP contribution < -0.4 is 5.32 Å². The molecule has 7 heteroatoms. The molecule has 1 fully saturated rings. The number of rotatable bonds is 7. The summed E-state index contributed by atoms with van der Waals surface area (Å²) in [6.45, 7) is 7.38. The maximum absolute atomic E-state index is 12.4. The number of amides is 1. The van der Waals surface area contributed by atoms with Crippen molar-refractivity contribution in [3.8, 4) is 0 Å². The molecule has 0 spiro atoms. The molecule has 1 aromatic rings. The van der Waals surface area contributed by atoms with Crippen molar-refractivity contribution in [1.82, 2.24) is 15.1 Å². The van der Waals surface area contributed by atoms with E-state index >= 15 is 0 Å². The molecule has 0 bridgehead atoms. The fraction of sp³-hybridized carbons (Fsp3) is 0.643. The summed E-state index contributed by atoms with van der Waals surface area (Å²) in [4.78, 5) is 14.4. The van der Waals surface area contributed by atoms with Crippen LogP contribution in [-0.4, -0.2) is 45.9 Å². The Balaban J connectivity index is 1.82. The molecular weight excluding hydrogens is 304 g/mol. The first-order valence-corrected chi connectivity index (χ1v) is 9.15. The molecule has 5 nitrogen and oxygen atoms in total. The summed E-state index contributed by atoms with van der Waals surface area (Å²) >= 11 is 2.96. The number of piperidine rings is 1. The molecule has 0 aromatic carbocycles. The summed E-state index contributed by atoms with van der Waals surface area (Å²) in [6, 6.07) is 0.422. The first kappa shape index (κ1) is 16.3. The number of carbonyl (C=O) groups excluding carboxylic acids is 1. The number of anilines is 1. The van der Waals surface area contributed by atoms with Crippen molar-refractivity contribution in [2.24, 2.45) is 0 Å². The highest BCUT2D eigenvalue weighted by atomic mass is 32.2. The van der Waals surface area contributed by atoms with E-state index < -0.39 is 0 Å². The van der Waals surface area contributed by atoms with E-state index in [-0.39, 0.29) is 5.91 Å². The Morgan fingerprint density at radius 2 is 2.43 bits per heavy atom. The average molecular weight is 326 g/mol. The van der Waals surface area contributed by atoms with Crippen LogP contribution in [0, 0.1) is 0 Å². The fourth-order valence-corrected chi connectivity index (χ4v) is 4.10. The minimum Gasteiger partial charge on any atom is -0.357 e. The minimum atomic E-state index is 0.224. The Morgan fingerprint density at radius 3 is 3.19 bits per heavy atom. The summed E-state index contributed by atoms with van der Waals surface area (Å²) in [5.74, 6) is 0.675. The fourth-order valence-electron chi connectivity index (χ4n) is 2.46. The van der Waals surface area contributed by atoms with Gasteiger partial charge in [-0.3, -0.25) is 4.79 Å². The smallest absolute Gasteiger partial charge is 0.233 e. The molecule has 21 heavy (non-hydrogen) atoms. The molecule has 1 N–H and O–H groups in total. The average Bonchev–Trinajstić information content (AvgIpc) is 2.98. The van der Waals surface area contributed by atoms with Gasteiger partial charge in [0, 0.05) is 19.1 Å². The number of nitrogens with one attached hydrogen (secondary N) is 1. The number of carbonyl (C=O) groups is 1. The third-order valence-corrected chi connectivity index (χ3v) is 5.54. The van der Waals surface area contributed by atoms with Crippen LogP contribution in [0.2, 0.25) is 0 Å². The lowest BCUT2D eigenvalue weighted by Crippen LogP contribution is -2.44. The molecule has 0 radical (unpaired) electrons. The van der Waals surface area contributed by atoms with Gasteiger partial charge in [-0.25, -0.2) is 0 Å². The van der Waals surface area contributed by atoms with Crippen molar-refractivity contribution in [3.05, 3.63) is 12.7 Å². The number of hydrogen-bond donors (Lipinski definition) is 1. The zero-order valence-electron chi connectivity index (χ0n) is 12.4. The Labute approximate surface area is 134 Å². The van der Waals surface area contributed by atoms with Crippen LogP contribution >= 0.6 is 23.1 Å². The van der Waals surface area contributed by atoms with Crippen LogP contribution in [0.15, 0.2) is 17.0 Å². The largest absolute Gasteiger partial charge is 0.357 e. The van der Waals surface area contributed by atoms with Crippen molar-refractivity contribution >= 4 is 34.1 Å². The molecular formula is C14H22N4OS2. The van der Waals surface area contributed by atoms with E-state index in [1.807, 2.05) is 0 Å². The Hall–Kier alpha value is -1.08. The summed E-state index contributed by atoms with van der Waals surface area (Å²) in [5, 5.41) is 12.0. The number of likely N-dealkylation sites (tertiary alicyclic amines) is 1. The van der Waals surface area contributed by atoms with Crippen molar-refractivity contribution in [3.63, 3.8) is 0 Å². The molecule has 2 heterocycles. The zero-order chi connectivity index (χ0) is 15.1. The normalized spacial score (nSPS) is 18.5. The van der Waals surface area contributed by atoms with Crippen LogP contribution in [0.5, 0.6) is 0 Å². The van der Waals surface area contributed by atoms with Gasteiger partial charge in [0.25, 0.3) is 0 Å². The first-order chi connectivity index (χ1) is 10.2. The highest BCUT2D eigenvalue weighted by Crippen LogP contribution is 2.27. The predicted molar refractivity (Wildman–Crippen MR) is 89.0 cm³/mol.